The lowest BCUT2D eigenvalue weighted by molar-refractivity contribution is 0.463. The molecule has 0 unspecified atom stereocenters. The summed E-state index contributed by atoms with van der Waals surface area (Å²) in [5.41, 5.74) is 7.10. The number of anilines is 2. The van der Waals surface area contributed by atoms with E-state index in [1.54, 1.807) is 6.07 Å². The zero-order valence-corrected chi connectivity index (χ0v) is 10.7. The van der Waals surface area contributed by atoms with Gasteiger partial charge in [0.15, 0.2) is 0 Å². The Balaban J connectivity index is 2.11. The van der Waals surface area contributed by atoms with Gasteiger partial charge < -0.3 is 11.1 Å². The summed E-state index contributed by atoms with van der Waals surface area (Å²) >= 11 is 3.17. The molecular formula is C12H16BrFN2. The summed E-state index contributed by atoms with van der Waals surface area (Å²) in [6.07, 6.45) is 6.20. The summed E-state index contributed by atoms with van der Waals surface area (Å²) in [4.78, 5) is 0. The highest BCUT2D eigenvalue weighted by Crippen LogP contribution is 2.29. The number of nitrogens with two attached hydrogens (primary N) is 1. The van der Waals surface area contributed by atoms with Crippen LogP contribution in [0.15, 0.2) is 16.6 Å². The molecule has 4 heteroatoms. The highest BCUT2D eigenvalue weighted by atomic mass is 79.9. The Morgan fingerprint density at radius 1 is 1.25 bits per heavy atom. The van der Waals surface area contributed by atoms with Crippen molar-refractivity contribution in [2.45, 2.75) is 38.1 Å². The van der Waals surface area contributed by atoms with Crippen LogP contribution in [0.4, 0.5) is 15.8 Å². The molecule has 0 aliphatic heterocycles. The molecule has 88 valence electrons. The van der Waals surface area contributed by atoms with Gasteiger partial charge in [0.1, 0.15) is 5.82 Å². The fraction of sp³-hybridized carbons (Fsp3) is 0.500. The maximum absolute atomic E-state index is 13.2. The average molecular weight is 287 g/mol. The lowest BCUT2D eigenvalue weighted by Gasteiger charge is -2.24. The molecule has 0 atom stereocenters. The molecule has 2 nitrogen and oxygen atoms in total. The highest BCUT2D eigenvalue weighted by molar-refractivity contribution is 9.10. The van der Waals surface area contributed by atoms with E-state index in [0.717, 1.165) is 5.69 Å². The molecule has 0 bridgehead atoms. The second kappa shape index (κ2) is 5.04. The molecule has 1 aliphatic rings. The molecule has 0 radical (unpaired) electrons. The van der Waals surface area contributed by atoms with Crippen molar-refractivity contribution < 1.29 is 4.39 Å². The third-order valence-electron chi connectivity index (χ3n) is 3.06. The summed E-state index contributed by atoms with van der Waals surface area (Å²) in [5, 5.41) is 3.40. The van der Waals surface area contributed by atoms with E-state index in [9.17, 15) is 4.39 Å². The fourth-order valence-electron chi connectivity index (χ4n) is 2.15. The molecule has 16 heavy (non-hydrogen) atoms. The van der Waals surface area contributed by atoms with Crippen molar-refractivity contribution in [2.75, 3.05) is 11.1 Å². The molecule has 1 aliphatic carbocycles. The first kappa shape index (κ1) is 11.7. The predicted molar refractivity (Wildman–Crippen MR) is 69.0 cm³/mol. The minimum atomic E-state index is -0.313. The van der Waals surface area contributed by atoms with Crippen LogP contribution in [0.3, 0.4) is 0 Å². The van der Waals surface area contributed by atoms with Crippen LogP contribution in [0.5, 0.6) is 0 Å². The molecule has 1 saturated carbocycles. The number of nitrogen functional groups attached to an aromatic ring is 1. The summed E-state index contributed by atoms with van der Waals surface area (Å²) in [6, 6.07) is 3.56. The molecule has 0 aromatic heterocycles. The maximum atomic E-state index is 13.2. The number of nitrogens with one attached hydrogen (secondary N) is 1. The molecule has 1 aromatic carbocycles. The molecule has 0 spiro atoms. The predicted octanol–water partition coefficient (Wildman–Crippen LogP) is 3.92. The van der Waals surface area contributed by atoms with E-state index in [-0.39, 0.29) is 5.82 Å². The largest absolute Gasteiger partial charge is 0.397 e. The van der Waals surface area contributed by atoms with Gasteiger partial charge in [0.25, 0.3) is 0 Å². The molecular weight excluding hydrogens is 271 g/mol. The van der Waals surface area contributed by atoms with Crippen molar-refractivity contribution in [1.82, 2.24) is 0 Å². The molecule has 0 heterocycles. The third kappa shape index (κ3) is 2.67. The Labute approximate surface area is 104 Å². The van der Waals surface area contributed by atoms with Gasteiger partial charge in [0.05, 0.1) is 15.8 Å². The van der Waals surface area contributed by atoms with Gasteiger partial charge in [0, 0.05) is 12.1 Å². The van der Waals surface area contributed by atoms with Gasteiger partial charge in [-0.3, -0.25) is 0 Å². The topological polar surface area (TPSA) is 38.0 Å². The minimum absolute atomic E-state index is 0.313. The quantitative estimate of drug-likeness (QED) is 0.809. The van der Waals surface area contributed by atoms with E-state index in [1.165, 1.54) is 38.2 Å². The number of hydrogen-bond donors (Lipinski definition) is 2. The Hall–Kier alpha value is -0.770. The van der Waals surface area contributed by atoms with E-state index in [0.29, 0.717) is 16.2 Å². The molecule has 0 amide bonds. The van der Waals surface area contributed by atoms with Crippen LogP contribution in [-0.4, -0.2) is 6.04 Å². The number of hydrogen-bond acceptors (Lipinski definition) is 2. The normalized spacial score (nSPS) is 17.4. The lowest BCUT2D eigenvalue weighted by Crippen LogP contribution is -2.22. The Kier molecular flexibility index (Phi) is 3.69. The van der Waals surface area contributed by atoms with Gasteiger partial charge in [-0.05, 0) is 34.8 Å². The van der Waals surface area contributed by atoms with Gasteiger partial charge >= 0.3 is 0 Å². The van der Waals surface area contributed by atoms with Crippen molar-refractivity contribution in [3.05, 3.63) is 22.4 Å². The zero-order valence-electron chi connectivity index (χ0n) is 9.10. The molecule has 2 rings (SSSR count). The summed E-state index contributed by atoms with van der Waals surface area (Å²) in [6.45, 7) is 0. The molecule has 1 aromatic rings. The van der Waals surface area contributed by atoms with Crippen LogP contribution in [-0.2, 0) is 0 Å². The first-order valence-corrected chi connectivity index (χ1v) is 6.47. The van der Waals surface area contributed by atoms with E-state index in [4.69, 9.17) is 5.73 Å². The van der Waals surface area contributed by atoms with Crippen LogP contribution in [0.25, 0.3) is 0 Å². The smallest absolute Gasteiger partial charge is 0.139 e. The maximum Gasteiger partial charge on any atom is 0.139 e. The second-order valence-electron chi connectivity index (χ2n) is 4.33. The SMILES string of the molecule is Nc1cc(F)c(Br)cc1NC1CCCCC1. The van der Waals surface area contributed by atoms with Crippen molar-refractivity contribution in [3.8, 4) is 0 Å². The van der Waals surface area contributed by atoms with Gasteiger partial charge in [-0.1, -0.05) is 19.3 Å². The highest BCUT2D eigenvalue weighted by Gasteiger charge is 2.15. The van der Waals surface area contributed by atoms with Crippen molar-refractivity contribution in [3.63, 3.8) is 0 Å². The van der Waals surface area contributed by atoms with Crippen LogP contribution in [0.2, 0.25) is 0 Å². The zero-order chi connectivity index (χ0) is 11.5. The molecule has 3 N–H and O–H groups in total. The van der Waals surface area contributed by atoms with E-state index >= 15 is 0 Å². The second-order valence-corrected chi connectivity index (χ2v) is 5.19. The summed E-state index contributed by atoms with van der Waals surface area (Å²) in [7, 11) is 0. The molecule has 0 saturated heterocycles. The number of benzene rings is 1. The Bertz CT molecular complexity index is 376. The van der Waals surface area contributed by atoms with Crippen molar-refractivity contribution >= 4 is 27.3 Å². The summed E-state index contributed by atoms with van der Waals surface area (Å²) < 4.78 is 13.6. The van der Waals surface area contributed by atoms with Gasteiger partial charge in [0.2, 0.25) is 0 Å². The van der Waals surface area contributed by atoms with Crippen molar-refractivity contribution in [1.29, 1.82) is 0 Å². The minimum Gasteiger partial charge on any atom is -0.397 e. The molecule has 1 fully saturated rings. The summed E-state index contributed by atoms with van der Waals surface area (Å²) in [5.74, 6) is -0.313. The van der Waals surface area contributed by atoms with Crippen LogP contribution < -0.4 is 11.1 Å². The Morgan fingerprint density at radius 2 is 1.94 bits per heavy atom. The van der Waals surface area contributed by atoms with Crippen molar-refractivity contribution in [2.24, 2.45) is 0 Å². The van der Waals surface area contributed by atoms with Gasteiger partial charge in [-0.25, -0.2) is 4.39 Å². The van der Waals surface area contributed by atoms with Gasteiger partial charge in [-0.15, -0.1) is 0 Å². The standard InChI is InChI=1S/C12H16BrFN2/c13-9-6-12(11(15)7-10(9)14)16-8-4-2-1-3-5-8/h6-8,16H,1-5,15H2. The average Bonchev–Trinajstić information content (AvgIpc) is 2.27. The van der Waals surface area contributed by atoms with Crippen LogP contribution in [0.1, 0.15) is 32.1 Å². The monoisotopic (exact) mass is 286 g/mol. The van der Waals surface area contributed by atoms with E-state index in [2.05, 4.69) is 21.2 Å². The van der Waals surface area contributed by atoms with Gasteiger partial charge in [-0.2, -0.15) is 0 Å². The van der Waals surface area contributed by atoms with E-state index < -0.39 is 0 Å². The van der Waals surface area contributed by atoms with E-state index in [1.807, 2.05) is 0 Å². The number of halogens is 2. The number of rotatable bonds is 2. The lowest BCUT2D eigenvalue weighted by atomic mass is 9.95. The third-order valence-corrected chi connectivity index (χ3v) is 3.66. The Morgan fingerprint density at radius 3 is 2.62 bits per heavy atom. The first-order valence-electron chi connectivity index (χ1n) is 5.68. The van der Waals surface area contributed by atoms with Crippen LogP contribution in [0, 0.1) is 5.82 Å². The first-order chi connectivity index (χ1) is 7.66. The van der Waals surface area contributed by atoms with Crippen LogP contribution >= 0.6 is 15.9 Å². The fourth-order valence-corrected chi connectivity index (χ4v) is 2.50.